The van der Waals surface area contributed by atoms with Crippen LogP contribution in [0.3, 0.4) is 0 Å². The average molecular weight is 345 g/mol. The lowest BCUT2D eigenvalue weighted by Gasteiger charge is -2.19. The molecule has 1 aromatic rings. The van der Waals surface area contributed by atoms with E-state index in [1.54, 1.807) is 0 Å². The number of pyridine rings is 1. The molecule has 0 aliphatic heterocycles. The standard InChI is InChI=1S/C6H9N3O10P2/c10-9(11)4-2-1-3-7-5(4)8-6(18-20(12,13)14)19-21(15,16)17/h1-3,6H,(H,7,8)(H2,12,13,14)(H2,15,16,17). The van der Waals surface area contributed by atoms with Crippen molar-refractivity contribution in [3.8, 4) is 0 Å². The topological polar surface area (TPSA) is 202 Å². The summed E-state index contributed by atoms with van der Waals surface area (Å²) in [7, 11) is -10.4. The number of phosphoric ester groups is 2. The number of hydrogen-bond donors (Lipinski definition) is 5. The van der Waals surface area contributed by atoms with Gasteiger partial charge in [0.25, 0.3) is 6.41 Å². The van der Waals surface area contributed by atoms with E-state index in [0.29, 0.717) is 0 Å². The fraction of sp³-hybridized carbons (Fsp3) is 0.167. The maximum absolute atomic E-state index is 10.7. The van der Waals surface area contributed by atoms with Crippen LogP contribution in [0.5, 0.6) is 0 Å². The van der Waals surface area contributed by atoms with Gasteiger partial charge < -0.3 is 24.9 Å². The zero-order valence-corrected chi connectivity index (χ0v) is 11.6. The molecule has 1 heterocycles. The minimum Gasteiger partial charge on any atom is -0.315 e. The second-order valence-corrected chi connectivity index (χ2v) is 5.68. The number of anilines is 1. The molecule has 0 aliphatic rings. The van der Waals surface area contributed by atoms with E-state index in [1.165, 1.54) is 6.07 Å². The zero-order valence-electron chi connectivity index (χ0n) is 9.84. The van der Waals surface area contributed by atoms with E-state index in [1.807, 2.05) is 5.32 Å². The lowest BCUT2D eigenvalue weighted by Crippen LogP contribution is -2.25. The normalized spacial score (nSPS) is 12.4. The lowest BCUT2D eigenvalue weighted by atomic mass is 10.4. The van der Waals surface area contributed by atoms with Gasteiger partial charge in [0.2, 0.25) is 5.82 Å². The van der Waals surface area contributed by atoms with Crippen LogP contribution in [0.1, 0.15) is 0 Å². The van der Waals surface area contributed by atoms with Gasteiger partial charge in [0.1, 0.15) is 0 Å². The van der Waals surface area contributed by atoms with Crippen LogP contribution in [0.25, 0.3) is 0 Å². The molecule has 0 aliphatic carbocycles. The summed E-state index contributed by atoms with van der Waals surface area (Å²) >= 11 is 0. The molecule has 0 bridgehead atoms. The molecular weight excluding hydrogens is 336 g/mol. The summed E-state index contributed by atoms with van der Waals surface area (Å²) in [4.78, 5) is 47.7. The fourth-order valence-corrected chi connectivity index (χ4v) is 1.85. The van der Waals surface area contributed by atoms with Crippen molar-refractivity contribution in [2.45, 2.75) is 6.41 Å². The second-order valence-electron chi connectivity index (χ2n) is 3.30. The van der Waals surface area contributed by atoms with Crippen LogP contribution in [0.15, 0.2) is 18.3 Å². The summed E-state index contributed by atoms with van der Waals surface area (Å²) in [6.07, 6.45) is -1.29. The van der Waals surface area contributed by atoms with Crippen LogP contribution in [0.2, 0.25) is 0 Å². The van der Waals surface area contributed by atoms with Gasteiger partial charge in [-0.1, -0.05) is 0 Å². The van der Waals surface area contributed by atoms with E-state index in [0.717, 1.165) is 12.3 Å². The first-order valence-electron chi connectivity index (χ1n) is 4.82. The maximum atomic E-state index is 10.7. The highest BCUT2D eigenvalue weighted by molar-refractivity contribution is 7.47. The molecule has 0 radical (unpaired) electrons. The molecule has 0 saturated carbocycles. The Balaban J connectivity index is 3.04. The van der Waals surface area contributed by atoms with E-state index < -0.39 is 38.5 Å². The molecule has 13 nitrogen and oxygen atoms in total. The van der Waals surface area contributed by atoms with Gasteiger partial charge in [0.15, 0.2) is 0 Å². The highest BCUT2D eigenvalue weighted by Crippen LogP contribution is 2.44. The number of rotatable bonds is 7. The fourth-order valence-electron chi connectivity index (χ4n) is 1.09. The molecule has 0 aromatic carbocycles. The number of nitrogens with one attached hydrogen (secondary N) is 1. The van der Waals surface area contributed by atoms with Crippen molar-refractivity contribution in [1.29, 1.82) is 0 Å². The Morgan fingerprint density at radius 3 is 2.19 bits per heavy atom. The Labute approximate surface area is 116 Å². The van der Waals surface area contributed by atoms with E-state index in [9.17, 15) is 19.2 Å². The maximum Gasteiger partial charge on any atom is 0.473 e. The third kappa shape index (κ3) is 6.71. The molecule has 0 saturated heterocycles. The van der Waals surface area contributed by atoms with Crippen LogP contribution in [-0.4, -0.2) is 35.9 Å². The van der Waals surface area contributed by atoms with Gasteiger partial charge in [-0.05, 0) is 6.07 Å². The lowest BCUT2D eigenvalue weighted by molar-refractivity contribution is -0.384. The minimum absolute atomic E-state index is 0.575. The first-order valence-corrected chi connectivity index (χ1v) is 7.88. The average Bonchev–Trinajstić information content (AvgIpc) is 2.24. The van der Waals surface area contributed by atoms with Crippen LogP contribution < -0.4 is 5.32 Å². The van der Waals surface area contributed by atoms with Crippen molar-refractivity contribution in [1.82, 2.24) is 4.98 Å². The number of phosphoric acid groups is 2. The highest BCUT2D eigenvalue weighted by Gasteiger charge is 2.31. The van der Waals surface area contributed by atoms with Gasteiger partial charge in [-0.25, -0.2) is 23.2 Å². The Kier molecular flexibility index (Phi) is 5.50. The molecule has 15 heteroatoms. The van der Waals surface area contributed by atoms with Crippen molar-refractivity contribution in [3.05, 3.63) is 28.4 Å². The van der Waals surface area contributed by atoms with Crippen LogP contribution >= 0.6 is 15.6 Å². The van der Waals surface area contributed by atoms with Crippen molar-refractivity contribution in [3.63, 3.8) is 0 Å². The van der Waals surface area contributed by atoms with Gasteiger partial charge in [-0.3, -0.25) is 10.1 Å². The minimum atomic E-state index is -5.21. The van der Waals surface area contributed by atoms with Gasteiger partial charge in [-0.15, -0.1) is 0 Å². The first-order chi connectivity index (χ1) is 9.48. The first kappa shape index (κ1) is 17.6. The van der Waals surface area contributed by atoms with E-state index >= 15 is 0 Å². The van der Waals surface area contributed by atoms with Crippen LogP contribution in [0.4, 0.5) is 11.5 Å². The Bertz CT molecular complexity index is 587. The van der Waals surface area contributed by atoms with E-state index in [2.05, 4.69) is 14.0 Å². The monoisotopic (exact) mass is 345 g/mol. The van der Waals surface area contributed by atoms with E-state index in [-0.39, 0.29) is 0 Å². The highest BCUT2D eigenvalue weighted by atomic mass is 31.2. The van der Waals surface area contributed by atoms with E-state index in [4.69, 9.17) is 19.6 Å². The largest absolute Gasteiger partial charge is 0.473 e. The Morgan fingerprint density at radius 1 is 1.24 bits per heavy atom. The molecule has 0 fully saturated rings. The summed E-state index contributed by atoms with van der Waals surface area (Å²) < 4.78 is 29.2. The van der Waals surface area contributed by atoms with Crippen molar-refractivity contribution in [2.24, 2.45) is 0 Å². The molecule has 0 atom stereocenters. The SMILES string of the molecule is O=[N+]([O-])c1cccnc1NC(OP(=O)(O)O)OP(=O)(O)O. The number of aromatic nitrogens is 1. The molecule has 1 rings (SSSR count). The zero-order chi connectivity index (χ0) is 16.3. The van der Waals surface area contributed by atoms with Crippen molar-refractivity contribution in [2.75, 3.05) is 5.32 Å². The molecule has 21 heavy (non-hydrogen) atoms. The summed E-state index contributed by atoms with van der Waals surface area (Å²) in [5.74, 6) is -0.575. The number of nitro groups is 1. The molecule has 1 aromatic heterocycles. The molecule has 0 unspecified atom stereocenters. The van der Waals surface area contributed by atoms with Gasteiger partial charge in [0, 0.05) is 12.3 Å². The van der Waals surface area contributed by atoms with Gasteiger partial charge in [0.05, 0.1) is 4.92 Å². The van der Waals surface area contributed by atoms with Gasteiger partial charge in [-0.2, -0.15) is 0 Å². The van der Waals surface area contributed by atoms with Gasteiger partial charge >= 0.3 is 21.3 Å². The predicted octanol–water partition coefficient (Wildman–Crippen LogP) is -0.0961. The molecule has 0 spiro atoms. The molecule has 118 valence electrons. The summed E-state index contributed by atoms with van der Waals surface area (Å²) in [6, 6.07) is 2.19. The number of hydrogen-bond acceptors (Lipinski definition) is 8. The number of nitrogens with zero attached hydrogens (tertiary/aromatic N) is 2. The summed E-state index contributed by atoms with van der Waals surface area (Å²) in [6.45, 7) is 0. The Morgan fingerprint density at radius 2 is 1.76 bits per heavy atom. The predicted molar refractivity (Wildman–Crippen MR) is 64.6 cm³/mol. The molecule has 0 amide bonds. The summed E-state index contributed by atoms with van der Waals surface area (Å²) in [5.41, 5.74) is -0.633. The molecular formula is C6H9N3O10P2. The Hall–Kier alpha value is -1.43. The van der Waals surface area contributed by atoms with Crippen LogP contribution in [0, 0.1) is 10.1 Å². The van der Waals surface area contributed by atoms with Crippen molar-refractivity contribution < 1.29 is 42.7 Å². The van der Waals surface area contributed by atoms with Crippen molar-refractivity contribution >= 4 is 27.2 Å². The smallest absolute Gasteiger partial charge is 0.315 e. The van der Waals surface area contributed by atoms with Crippen LogP contribution in [-0.2, 0) is 18.2 Å². The second kappa shape index (κ2) is 6.56. The third-order valence-corrected chi connectivity index (χ3v) is 2.64. The quantitative estimate of drug-likeness (QED) is 0.190. The summed E-state index contributed by atoms with van der Waals surface area (Å²) in [5, 5.41) is 12.6. The molecule has 5 N–H and O–H groups in total. The third-order valence-electron chi connectivity index (χ3n) is 1.70.